The van der Waals surface area contributed by atoms with Crippen LogP contribution in [0.25, 0.3) is 11.0 Å². The van der Waals surface area contributed by atoms with Crippen molar-refractivity contribution in [3.8, 4) is 11.5 Å². The second-order valence-corrected chi connectivity index (χ2v) is 9.47. The molecule has 0 bridgehead atoms. The standard InChI is InChI=1S/C28H32N2O8/c1-15(2)35-19-7-5-18(6-8-19)13-29-25-23(14-31)38-28(26(27(25)34)30-17(4)32)36-20-9-10-21-16(3)11-24(33)37-22(21)12-20/h5-13,15,23,25-28,31,34H,14H2,1-4H3,(H,30,32)/t23-,25-,26-,27+,28-/m1/s1. The number of ether oxygens (including phenoxy) is 3. The van der Waals surface area contributed by atoms with Crippen LogP contribution in [0.1, 0.15) is 31.9 Å². The van der Waals surface area contributed by atoms with Crippen LogP contribution in [0.3, 0.4) is 0 Å². The molecule has 38 heavy (non-hydrogen) atoms. The molecule has 10 heteroatoms. The summed E-state index contributed by atoms with van der Waals surface area (Å²) in [4.78, 5) is 28.2. The van der Waals surface area contributed by atoms with Crippen LogP contribution in [0.4, 0.5) is 0 Å². The fourth-order valence-corrected chi connectivity index (χ4v) is 4.34. The van der Waals surface area contributed by atoms with E-state index in [1.54, 1.807) is 25.3 Å². The molecule has 0 saturated carbocycles. The van der Waals surface area contributed by atoms with E-state index in [1.807, 2.05) is 38.1 Å². The van der Waals surface area contributed by atoms with Crippen molar-refractivity contribution in [2.75, 3.05) is 6.61 Å². The molecule has 0 radical (unpaired) electrons. The Morgan fingerprint density at radius 2 is 1.87 bits per heavy atom. The molecule has 1 aromatic heterocycles. The highest BCUT2D eigenvalue weighted by atomic mass is 16.7. The monoisotopic (exact) mass is 524 g/mol. The van der Waals surface area contributed by atoms with Crippen molar-refractivity contribution in [3.63, 3.8) is 0 Å². The van der Waals surface area contributed by atoms with Gasteiger partial charge in [-0.2, -0.15) is 0 Å². The molecule has 2 aromatic carbocycles. The van der Waals surface area contributed by atoms with E-state index < -0.39 is 48.7 Å². The van der Waals surface area contributed by atoms with Crippen molar-refractivity contribution < 1.29 is 33.6 Å². The Kier molecular flexibility index (Phi) is 8.45. The molecule has 1 amide bonds. The van der Waals surface area contributed by atoms with E-state index in [0.717, 1.165) is 22.3 Å². The molecule has 10 nitrogen and oxygen atoms in total. The van der Waals surface area contributed by atoms with Gasteiger partial charge in [-0.05, 0) is 68.3 Å². The van der Waals surface area contributed by atoms with Gasteiger partial charge in [0.15, 0.2) is 0 Å². The number of carbonyl (C=O) groups excluding carboxylic acids is 1. The summed E-state index contributed by atoms with van der Waals surface area (Å²) in [5.41, 5.74) is 1.35. The van der Waals surface area contributed by atoms with Gasteiger partial charge in [-0.3, -0.25) is 9.79 Å². The summed E-state index contributed by atoms with van der Waals surface area (Å²) >= 11 is 0. The molecular weight excluding hydrogens is 492 g/mol. The quantitative estimate of drug-likeness (QED) is 0.301. The zero-order valence-electron chi connectivity index (χ0n) is 21.7. The molecule has 0 spiro atoms. The second kappa shape index (κ2) is 11.8. The molecule has 1 fully saturated rings. The van der Waals surface area contributed by atoms with E-state index >= 15 is 0 Å². The van der Waals surface area contributed by atoms with E-state index in [4.69, 9.17) is 18.6 Å². The van der Waals surface area contributed by atoms with Gasteiger partial charge in [0, 0.05) is 30.7 Å². The van der Waals surface area contributed by atoms with Gasteiger partial charge in [0.05, 0.1) is 12.7 Å². The number of rotatable bonds is 8. The maximum atomic E-state index is 12.0. The number of hydrogen-bond donors (Lipinski definition) is 3. The molecule has 0 unspecified atom stereocenters. The zero-order valence-corrected chi connectivity index (χ0v) is 21.7. The van der Waals surface area contributed by atoms with Crippen molar-refractivity contribution in [3.05, 3.63) is 70.1 Å². The lowest BCUT2D eigenvalue weighted by Crippen LogP contribution is -2.65. The Morgan fingerprint density at radius 3 is 2.53 bits per heavy atom. The smallest absolute Gasteiger partial charge is 0.336 e. The number of fused-ring (bicyclic) bond motifs is 1. The van der Waals surface area contributed by atoms with Crippen LogP contribution in [0.5, 0.6) is 11.5 Å². The summed E-state index contributed by atoms with van der Waals surface area (Å²) in [6.07, 6.45) is -1.69. The molecule has 0 aliphatic carbocycles. The van der Waals surface area contributed by atoms with Gasteiger partial charge in [0.25, 0.3) is 0 Å². The number of nitrogens with one attached hydrogen (secondary N) is 1. The summed E-state index contributed by atoms with van der Waals surface area (Å²) in [5, 5.41) is 24.7. The fourth-order valence-electron chi connectivity index (χ4n) is 4.34. The Morgan fingerprint density at radius 1 is 1.16 bits per heavy atom. The number of aliphatic hydroxyl groups excluding tert-OH is 2. The second-order valence-electron chi connectivity index (χ2n) is 9.47. The molecule has 2 heterocycles. The lowest BCUT2D eigenvalue weighted by molar-refractivity contribution is -0.209. The predicted molar refractivity (Wildman–Crippen MR) is 141 cm³/mol. The fraction of sp³-hybridized carbons (Fsp3) is 0.393. The van der Waals surface area contributed by atoms with Crippen LogP contribution < -0.4 is 20.4 Å². The van der Waals surface area contributed by atoms with Crippen molar-refractivity contribution >= 4 is 23.1 Å². The minimum Gasteiger partial charge on any atom is -0.491 e. The summed E-state index contributed by atoms with van der Waals surface area (Å²) in [6.45, 7) is 6.55. The summed E-state index contributed by atoms with van der Waals surface area (Å²) < 4.78 is 22.9. The lowest BCUT2D eigenvalue weighted by atomic mass is 9.94. The summed E-state index contributed by atoms with van der Waals surface area (Å²) in [6, 6.07) is 11.7. The number of aliphatic imine (C=N–C) groups is 1. The van der Waals surface area contributed by atoms with Crippen molar-refractivity contribution in [2.45, 2.75) is 64.4 Å². The third kappa shape index (κ3) is 6.39. The normalized spacial score (nSPS) is 23.6. The number of nitrogens with zero attached hydrogens (tertiary/aromatic N) is 1. The average molecular weight is 525 g/mol. The minimum atomic E-state index is -1.24. The van der Waals surface area contributed by atoms with E-state index in [1.165, 1.54) is 19.1 Å². The average Bonchev–Trinajstić information content (AvgIpc) is 2.85. The van der Waals surface area contributed by atoms with E-state index in [9.17, 15) is 19.8 Å². The first-order valence-electron chi connectivity index (χ1n) is 12.4. The van der Waals surface area contributed by atoms with Gasteiger partial charge in [-0.25, -0.2) is 4.79 Å². The minimum absolute atomic E-state index is 0.0486. The highest BCUT2D eigenvalue weighted by Gasteiger charge is 2.46. The van der Waals surface area contributed by atoms with Crippen LogP contribution in [-0.2, 0) is 9.53 Å². The van der Waals surface area contributed by atoms with Crippen LogP contribution in [-0.4, -0.2) is 65.6 Å². The highest BCUT2D eigenvalue weighted by molar-refractivity contribution is 5.81. The maximum Gasteiger partial charge on any atom is 0.336 e. The maximum absolute atomic E-state index is 12.0. The predicted octanol–water partition coefficient (Wildman–Crippen LogP) is 2.34. The number of amides is 1. The van der Waals surface area contributed by atoms with Gasteiger partial charge in [0.2, 0.25) is 12.2 Å². The van der Waals surface area contributed by atoms with Gasteiger partial charge < -0.3 is 34.2 Å². The molecule has 3 aromatic rings. The molecule has 4 rings (SSSR count). The van der Waals surface area contributed by atoms with Gasteiger partial charge in [-0.15, -0.1) is 0 Å². The molecule has 3 N–H and O–H groups in total. The van der Waals surface area contributed by atoms with Crippen molar-refractivity contribution in [2.24, 2.45) is 4.99 Å². The number of hydrogen-bond acceptors (Lipinski definition) is 9. The topological polar surface area (TPSA) is 140 Å². The molecule has 1 aliphatic heterocycles. The first kappa shape index (κ1) is 27.3. The molecule has 202 valence electrons. The van der Waals surface area contributed by atoms with E-state index in [2.05, 4.69) is 10.3 Å². The third-order valence-corrected chi connectivity index (χ3v) is 6.07. The Balaban J connectivity index is 1.56. The Labute approximate surface area is 219 Å². The van der Waals surface area contributed by atoms with E-state index in [-0.39, 0.29) is 6.10 Å². The Bertz CT molecular complexity index is 1350. The highest BCUT2D eigenvalue weighted by Crippen LogP contribution is 2.29. The van der Waals surface area contributed by atoms with Crippen LogP contribution >= 0.6 is 0 Å². The van der Waals surface area contributed by atoms with Crippen LogP contribution in [0, 0.1) is 6.92 Å². The summed E-state index contributed by atoms with van der Waals surface area (Å²) in [5.74, 6) is 0.610. The lowest BCUT2D eigenvalue weighted by Gasteiger charge is -2.42. The zero-order chi connectivity index (χ0) is 27.4. The van der Waals surface area contributed by atoms with Gasteiger partial charge >= 0.3 is 5.63 Å². The molecule has 5 atom stereocenters. The SMILES string of the molecule is CC(=O)N[C@H]1[C@H](Oc2ccc3c(C)cc(=O)oc3c2)O[C@H](CO)[C@@H](N=Cc2ccc(OC(C)C)cc2)[C@@H]1O. The first-order valence-corrected chi connectivity index (χ1v) is 12.4. The number of aryl methyl sites for hydroxylation is 1. The van der Waals surface area contributed by atoms with Crippen LogP contribution in [0.2, 0.25) is 0 Å². The largest absolute Gasteiger partial charge is 0.491 e. The van der Waals surface area contributed by atoms with Crippen molar-refractivity contribution in [1.82, 2.24) is 5.32 Å². The number of benzene rings is 2. The summed E-state index contributed by atoms with van der Waals surface area (Å²) in [7, 11) is 0. The molecule has 1 aliphatic rings. The van der Waals surface area contributed by atoms with Crippen molar-refractivity contribution in [1.29, 1.82) is 0 Å². The van der Waals surface area contributed by atoms with E-state index in [0.29, 0.717) is 11.3 Å². The molecule has 1 saturated heterocycles. The van der Waals surface area contributed by atoms with Gasteiger partial charge in [-0.1, -0.05) is 0 Å². The first-order chi connectivity index (χ1) is 18.1. The number of carbonyl (C=O) groups is 1. The molecular formula is C28H32N2O8. The van der Waals surface area contributed by atoms with Gasteiger partial charge in [0.1, 0.15) is 41.4 Å². The number of aliphatic hydroxyl groups is 2. The Hall–Kier alpha value is -3.73. The van der Waals surface area contributed by atoms with Crippen LogP contribution in [0.15, 0.2) is 62.7 Å². The third-order valence-electron chi connectivity index (χ3n) is 6.07.